The number of ether oxygens (including phenoxy) is 2. The molecule has 0 saturated carbocycles. The molecule has 0 aliphatic carbocycles. The Morgan fingerprint density at radius 3 is 2.42 bits per heavy atom. The maximum atomic E-state index is 13.1. The summed E-state index contributed by atoms with van der Waals surface area (Å²) in [5.41, 5.74) is 0.937. The molecule has 0 atom stereocenters. The Balaban J connectivity index is 1.87. The standard InChI is InChI=1S/C23H30N2O5S/c1-17(2)25-22(26)20-15-19(9-10-21(20)29-3)31(27,28)24-16-23(11-13-30-14-12-23)18-7-5-4-6-8-18/h4-10,15,17,24H,11-14,16H2,1-3H3,(H,25,26). The van der Waals surface area contributed by atoms with Gasteiger partial charge in [0, 0.05) is 31.2 Å². The van der Waals surface area contributed by atoms with Gasteiger partial charge in [-0.25, -0.2) is 13.1 Å². The fraction of sp³-hybridized carbons (Fsp3) is 0.435. The minimum Gasteiger partial charge on any atom is -0.496 e. The van der Waals surface area contributed by atoms with Gasteiger partial charge in [-0.2, -0.15) is 0 Å². The topological polar surface area (TPSA) is 93.7 Å². The highest BCUT2D eigenvalue weighted by atomic mass is 32.2. The quantitative estimate of drug-likeness (QED) is 0.650. The third kappa shape index (κ3) is 5.44. The number of benzene rings is 2. The number of nitrogens with one attached hydrogen (secondary N) is 2. The van der Waals surface area contributed by atoms with Gasteiger partial charge in [-0.05, 0) is 50.5 Å². The Labute approximate surface area is 184 Å². The van der Waals surface area contributed by atoms with Crippen molar-refractivity contribution in [2.75, 3.05) is 26.9 Å². The molecule has 31 heavy (non-hydrogen) atoms. The second-order valence-corrected chi connectivity index (χ2v) is 9.84. The Hall–Kier alpha value is -2.42. The van der Waals surface area contributed by atoms with Crippen LogP contribution < -0.4 is 14.8 Å². The number of hydrogen-bond donors (Lipinski definition) is 2. The lowest BCUT2D eigenvalue weighted by molar-refractivity contribution is 0.0517. The molecule has 1 heterocycles. The SMILES string of the molecule is COc1ccc(S(=O)(=O)NCC2(c3ccccc3)CCOCC2)cc1C(=O)NC(C)C. The van der Waals surface area contributed by atoms with Crippen LogP contribution in [0.1, 0.15) is 42.6 Å². The van der Waals surface area contributed by atoms with Gasteiger partial charge >= 0.3 is 0 Å². The van der Waals surface area contributed by atoms with Gasteiger partial charge in [0.15, 0.2) is 0 Å². The summed E-state index contributed by atoms with van der Waals surface area (Å²) in [6.07, 6.45) is 1.45. The summed E-state index contributed by atoms with van der Waals surface area (Å²) in [6.45, 7) is 5.09. The monoisotopic (exact) mass is 446 g/mol. The van der Waals surface area contributed by atoms with Gasteiger partial charge in [-0.3, -0.25) is 4.79 Å². The highest BCUT2D eigenvalue weighted by molar-refractivity contribution is 7.89. The largest absolute Gasteiger partial charge is 0.496 e. The molecule has 2 N–H and O–H groups in total. The summed E-state index contributed by atoms with van der Waals surface area (Å²) in [6, 6.07) is 14.2. The lowest BCUT2D eigenvalue weighted by atomic mass is 9.74. The van der Waals surface area contributed by atoms with Crippen LogP contribution in [0.5, 0.6) is 5.75 Å². The molecule has 1 aliphatic heterocycles. The molecule has 2 aromatic rings. The summed E-state index contributed by atoms with van der Waals surface area (Å²) in [7, 11) is -2.39. The van der Waals surface area contributed by atoms with Crippen LogP contribution in [0, 0.1) is 0 Å². The molecule has 0 aromatic heterocycles. The summed E-state index contributed by atoms with van der Waals surface area (Å²) < 4.78 is 39.8. The van der Waals surface area contributed by atoms with Gasteiger partial charge < -0.3 is 14.8 Å². The first-order chi connectivity index (χ1) is 14.8. The predicted molar refractivity (Wildman–Crippen MR) is 119 cm³/mol. The van der Waals surface area contributed by atoms with Crippen LogP contribution in [-0.4, -0.2) is 47.2 Å². The lowest BCUT2D eigenvalue weighted by Crippen LogP contribution is -2.44. The fourth-order valence-corrected chi connectivity index (χ4v) is 4.96. The number of sulfonamides is 1. The molecule has 1 fully saturated rings. The smallest absolute Gasteiger partial charge is 0.255 e. The molecular formula is C23H30N2O5S. The van der Waals surface area contributed by atoms with E-state index in [0.717, 1.165) is 18.4 Å². The molecule has 7 nitrogen and oxygen atoms in total. The highest BCUT2D eigenvalue weighted by Crippen LogP contribution is 2.34. The van der Waals surface area contributed by atoms with Gasteiger partial charge in [0.25, 0.3) is 5.91 Å². The number of carbonyl (C=O) groups is 1. The van der Waals surface area contributed by atoms with Crippen molar-refractivity contribution in [3.63, 3.8) is 0 Å². The molecule has 168 valence electrons. The number of carbonyl (C=O) groups excluding carboxylic acids is 1. The average molecular weight is 447 g/mol. The van der Waals surface area contributed by atoms with Crippen LogP contribution in [0.2, 0.25) is 0 Å². The van der Waals surface area contributed by atoms with E-state index in [-0.39, 0.29) is 34.4 Å². The van der Waals surface area contributed by atoms with Crippen molar-refractivity contribution in [1.29, 1.82) is 0 Å². The number of hydrogen-bond acceptors (Lipinski definition) is 5. The molecular weight excluding hydrogens is 416 g/mol. The van der Waals surface area contributed by atoms with E-state index in [2.05, 4.69) is 10.0 Å². The Morgan fingerprint density at radius 2 is 1.81 bits per heavy atom. The second-order valence-electron chi connectivity index (χ2n) is 8.07. The van der Waals surface area contributed by atoms with Crippen LogP contribution in [-0.2, 0) is 20.2 Å². The van der Waals surface area contributed by atoms with E-state index in [1.54, 1.807) is 0 Å². The van der Waals surface area contributed by atoms with Gasteiger partial charge in [0.05, 0.1) is 17.6 Å². The molecule has 2 aromatic carbocycles. The van der Waals surface area contributed by atoms with Gasteiger partial charge in [-0.1, -0.05) is 30.3 Å². The summed E-state index contributed by atoms with van der Waals surface area (Å²) in [4.78, 5) is 12.6. The maximum Gasteiger partial charge on any atom is 0.255 e. The van der Waals surface area contributed by atoms with Crippen LogP contribution in [0.15, 0.2) is 53.4 Å². The Kier molecular flexibility index (Phi) is 7.35. The Bertz CT molecular complexity index is 1000. The van der Waals surface area contributed by atoms with Crippen LogP contribution in [0.4, 0.5) is 0 Å². The lowest BCUT2D eigenvalue weighted by Gasteiger charge is -2.37. The second kappa shape index (κ2) is 9.80. The van der Waals surface area contributed by atoms with E-state index in [9.17, 15) is 13.2 Å². The van der Waals surface area contributed by atoms with Crippen molar-refractivity contribution in [1.82, 2.24) is 10.0 Å². The first-order valence-electron chi connectivity index (χ1n) is 10.4. The van der Waals surface area contributed by atoms with Gasteiger partial charge in [0.2, 0.25) is 10.0 Å². The minimum atomic E-state index is -3.84. The van der Waals surface area contributed by atoms with Crippen molar-refractivity contribution >= 4 is 15.9 Å². The van der Waals surface area contributed by atoms with E-state index in [1.807, 2.05) is 44.2 Å². The average Bonchev–Trinajstić information content (AvgIpc) is 2.78. The zero-order valence-corrected chi connectivity index (χ0v) is 19.0. The molecule has 0 spiro atoms. The fourth-order valence-electron chi connectivity index (χ4n) is 3.81. The normalized spacial score (nSPS) is 16.1. The molecule has 1 saturated heterocycles. The van der Waals surface area contributed by atoms with Crippen LogP contribution in [0.3, 0.4) is 0 Å². The molecule has 0 radical (unpaired) electrons. The molecule has 1 aliphatic rings. The van der Waals surface area contributed by atoms with Crippen molar-refractivity contribution in [2.24, 2.45) is 0 Å². The van der Waals surface area contributed by atoms with E-state index in [0.29, 0.717) is 19.0 Å². The van der Waals surface area contributed by atoms with Gasteiger partial charge in [-0.15, -0.1) is 0 Å². The molecule has 0 bridgehead atoms. The van der Waals surface area contributed by atoms with E-state index >= 15 is 0 Å². The first kappa shape index (κ1) is 23.2. The third-order valence-electron chi connectivity index (χ3n) is 5.58. The number of amides is 1. The zero-order valence-electron chi connectivity index (χ0n) is 18.2. The van der Waals surface area contributed by atoms with Crippen LogP contribution >= 0.6 is 0 Å². The minimum absolute atomic E-state index is 0.0254. The molecule has 3 rings (SSSR count). The Morgan fingerprint density at radius 1 is 1.13 bits per heavy atom. The van der Waals surface area contributed by atoms with E-state index < -0.39 is 10.0 Å². The third-order valence-corrected chi connectivity index (χ3v) is 6.98. The molecule has 0 unspecified atom stereocenters. The maximum absolute atomic E-state index is 13.1. The van der Waals surface area contributed by atoms with E-state index in [1.165, 1.54) is 25.3 Å². The first-order valence-corrected chi connectivity index (χ1v) is 11.9. The number of methoxy groups -OCH3 is 1. The van der Waals surface area contributed by atoms with Crippen LogP contribution in [0.25, 0.3) is 0 Å². The molecule has 1 amide bonds. The van der Waals surface area contributed by atoms with Crippen molar-refractivity contribution in [3.05, 3.63) is 59.7 Å². The van der Waals surface area contributed by atoms with Gasteiger partial charge in [0.1, 0.15) is 5.75 Å². The summed E-state index contributed by atoms with van der Waals surface area (Å²) in [5, 5.41) is 2.78. The summed E-state index contributed by atoms with van der Waals surface area (Å²) in [5.74, 6) is -0.0589. The predicted octanol–water partition coefficient (Wildman–Crippen LogP) is 2.86. The van der Waals surface area contributed by atoms with Crippen molar-refractivity contribution in [3.8, 4) is 5.75 Å². The highest BCUT2D eigenvalue weighted by Gasteiger charge is 2.35. The molecule has 8 heteroatoms. The van der Waals surface area contributed by atoms with Crippen molar-refractivity contribution in [2.45, 2.75) is 43.0 Å². The van der Waals surface area contributed by atoms with E-state index in [4.69, 9.17) is 9.47 Å². The summed E-state index contributed by atoms with van der Waals surface area (Å²) >= 11 is 0. The van der Waals surface area contributed by atoms with Crippen molar-refractivity contribution < 1.29 is 22.7 Å². The zero-order chi connectivity index (χ0) is 22.5. The number of rotatable bonds is 8.